The molecule has 1 rings (SSSR count). The molecule has 0 aromatic carbocycles. The van der Waals surface area contributed by atoms with E-state index in [1.165, 1.54) is 6.92 Å². The standard InChI is InChI=1S/C7H10O3.CH4O/c1-5(9)7-3-2-6(4-8)10-7;1-2/h4,6-7H,2-3H2,1H3;2H,1H3. The SMILES string of the molecule is CC(=O)C1CCC(C=O)O1.CO. The molecular weight excluding hydrogens is 160 g/mol. The van der Waals surface area contributed by atoms with E-state index in [1.807, 2.05) is 0 Å². The number of carbonyl (C=O) groups is 2. The number of ether oxygens (including phenoxy) is 1. The highest BCUT2D eigenvalue weighted by atomic mass is 16.5. The Kier molecular flexibility index (Phi) is 5.49. The summed E-state index contributed by atoms with van der Waals surface area (Å²) in [6, 6.07) is 0. The summed E-state index contributed by atoms with van der Waals surface area (Å²) < 4.78 is 5.05. The first-order valence-electron chi connectivity index (χ1n) is 3.80. The fourth-order valence-corrected chi connectivity index (χ4v) is 1.06. The van der Waals surface area contributed by atoms with Gasteiger partial charge in [-0.15, -0.1) is 0 Å². The van der Waals surface area contributed by atoms with Crippen molar-refractivity contribution < 1.29 is 19.4 Å². The van der Waals surface area contributed by atoms with Crippen molar-refractivity contribution in [2.45, 2.75) is 32.0 Å². The Morgan fingerprint density at radius 1 is 1.50 bits per heavy atom. The van der Waals surface area contributed by atoms with E-state index in [0.717, 1.165) is 13.4 Å². The van der Waals surface area contributed by atoms with Gasteiger partial charge in [-0.25, -0.2) is 0 Å². The first-order chi connectivity index (χ1) is 5.74. The van der Waals surface area contributed by atoms with Crippen LogP contribution in [-0.2, 0) is 14.3 Å². The second-order valence-electron chi connectivity index (χ2n) is 2.49. The van der Waals surface area contributed by atoms with E-state index in [4.69, 9.17) is 9.84 Å². The molecule has 4 nitrogen and oxygen atoms in total. The highest BCUT2D eigenvalue weighted by Gasteiger charge is 2.27. The Balaban J connectivity index is 0.000000561. The van der Waals surface area contributed by atoms with Crippen LogP contribution in [0.4, 0.5) is 0 Å². The van der Waals surface area contributed by atoms with Crippen molar-refractivity contribution in [1.29, 1.82) is 0 Å². The maximum atomic E-state index is 10.7. The van der Waals surface area contributed by atoms with Crippen LogP contribution < -0.4 is 0 Å². The molecule has 4 heteroatoms. The summed E-state index contributed by atoms with van der Waals surface area (Å²) in [4.78, 5) is 20.8. The predicted octanol–water partition coefficient (Wildman–Crippen LogP) is -0.0696. The van der Waals surface area contributed by atoms with Gasteiger partial charge in [0.15, 0.2) is 5.78 Å². The van der Waals surface area contributed by atoms with Gasteiger partial charge in [-0.1, -0.05) is 0 Å². The van der Waals surface area contributed by atoms with E-state index >= 15 is 0 Å². The molecule has 1 fully saturated rings. The Hall–Kier alpha value is -0.740. The summed E-state index contributed by atoms with van der Waals surface area (Å²) in [7, 11) is 1.00. The van der Waals surface area contributed by atoms with E-state index in [2.05, 4.69) is 0 Å². The van der Waals surface area contributed by atoms with E-state index in [9.17, 15) is 9.59 Å². The molecule has 1 heterocycles. The lowest BCUT2D eigenvalue weighted by molar-refractivity contribution is -0.130. The van der Waals surface area contributed by atoms with Crippen molar-refractivity contribution in [3.05, 3.63) is 0 Å². The summed E-state index contributed by atoms with van der Waals surface area (Å²) in [5.41, 5.74) is 0. The maximum absolute atomic E-state index is 10.7. The third-order valence-corrected chi connectivity index (χ3v) is 1.66. The van der Waals surface area contributed by atoms with Crippen LogP contribution >= 0.6 is 0 Å². The fourth-order valence-electron chi connectivity index (χ4n) is 1.06. The molecule has 2 unspecified atom stereocenters. The molecule has 70 valence electrons. The first kappa shape index (κ1) is 11.3. The molecule has 1 N–H and O–H groups in total. The van der Waals surface area contributed by atoms with Gasteiger partial charge in [0.2, 0.25) is 0 Å². The van der Waals surface area contributed by atoms with Crippen LogP contribution in [0.5, 0.6) is 0 Å². The van der Waals surface area contributed by atoms with Gasteiger partial charge in [-0.2, -0.15) is 0 Å². The van der Waals surface area contributed by atoms with Gasteiger partial charge < -0.3 is 14.6 Å². The highest BCUT2D eigenvalue weighted by Crippen LogP contribution is 2.18. The normalized spacial score (nSPS) is 27.2. The van der Waals surface area contributed by atoms with Gasteiger partial charge in [0.25, 0.3) is 0 Å². The van der Waals surface area contributed by atoms with Crippen LogP contribution in [-0.4, -0.2) is 36.5 Å². The number of ketones is 1. The quantitative estimate of drug-likeness (QED) is 0.595. The molecule has 0 aromatic heterocycles. The largest absolute Gasteiger partial charge is 0.400 e. The number of Topliss-reactive ketones (excluding diaryl/α,β-unsaturated/α-hetero) is 1. The summed E-state index contributed by atoms with van der Waals surface area (Å²) in [5.74, 6) is 0.0179. The lowest BCUT2D eigenvalue weighted by Crippen LogP contribution is -2.18. The minimum absolute atomic E-state index is 0.0179. The fraction of sp³-hybridized carbons (Fsp3) is 0.750. The molecule has 2 atom stereocenters. The second kappa shape index (κ2) is 5.85. The molecule has 1 aliphatic rings. The number of hydrogen-bond acceptors (Lipinski definition) is 4. The average molecular weight is 174 g/mol. The summed E-state index contributed by atoms with van der Waals surface area (Å²) in [6.45, 7) is 1.48. The minimum atomic E-state index is -0.339. The van der Waals surface area contributed by atoms with Crippen LogP contribution in [0.3, 0.4) is 0 Å². The zero-order valence-electron chi connectivity index (χ0n) is 7.32. The van der Waals surface area contributed by atoms with Gasteiger partial charge in [0.1, 0.15) is 18.5 Å². The number of hydrogen-bond donors (Lipinski definition) is 1. The molecule has 0 aliphatic carbocycles. The van der Waals surface area contributed by atoms with Crippen molar-refractivity contribution in [3.8, 4) is 0 Å². The second-order valence-corrected chi connectivity index (χ2v) is 2.49. The minimum Gasteiger partial charge on any atom is -0.400 e. The maximum Gasteiger partial charge on any atom is 0.158 e. The zero-order valence-corrected chi connectivity index (χ0v) is 7.32. The molecule has 0 spiro atoms. The monoisotopic (exact) mass is 174 g/mol. The van der Waals surface area contributed by atoms with Crippen LogP contribution in [0.2, 0.25) is 0 Å². The molecule has 0 bridgehead atoms. The van der Waals surface area contributed by atoms with Gasteiger partial charge >= 0.3 is 0 Å². The van der Waals surface area contributed by atoms with Crippen LogP contribution in [0.1, 0.15) is 19.8 Å². The van der Waals surface area contributed by atoms with Crippen LogP contribution in [0, 0.1) is 0 Å². The zero-order chi connectivity index (χ0) is 9.56. The topological polar surface area (TPSA) is 63.6 Å². The Morgan fingerprint density at radius 2 is 2.08 bits per heavy atom. The smallest absolute Gasteiger partial charge is 0.158 e. The van der Waals surface area contributed by atoms with Crippen molar-refractivity contribution in [1.82, 2.24) is 0 Å². The van der Waals surface area contributed by atoms with Gasteiger partial charge in [0.05, 0.1) is 0 Å². The predicted molar refractivity (Wildman–Crippen MR) is 42.8 cm³/mol. The Bertz CT molecular complexity index is 155. The first-order valence-corrected chi connectivity index (χ1v) is 3.80. The van der Waals surface area contributed by atoms with Crippen molar-refractivity contribution in [2.24, 2.45) is 0 Å². The Labute approximate surface area is 71.5 Å². The van der Waals surface area contributed by atoms with E-state index in [0.29, 0.717) is 12.8 Å². The number of aldehydes is 1. The van der Waals surface area contributed by atoms with Gasteiger partial charge in [-0.05, 0) is 19.8 Å². The summed E-state index contributed by atoms with van der Waals surface area (Å²) in [6.07, 6.45) is 1.47. The molecule has 1 aliphatic heterocycles. The number of carbonyl (C=O) groups excluding carboxylic acids is 2. The molecule has 12 heavy (non-hydrogen) atoms. The van der Waals surface area contributed by atoms with Crippen molar-refractivity contribution >= 4 is 12.1 Å². The molecule has 0 saturated carbocycles. The average Bonchev–Trinajstić information content (AvgIpc) is 2.55. The molecule has 0 aromatic rings. The summed E-state index contributed by atoms with van der Waals surface area (Å²) >= 11 is 0. The molecule has 1 saturated heterocycles. The molecular formula is C8H14O4. The lowest BCUT2D eigenvalue weighted by Gasteiger charge is -2.04. The number of aliphatic hydroxyl groups is 1. The molecule has 0 amide bonds. The van der Waals surface area contributed by atoms with Crippen LogP contribution in [0.15, 0.2) is 0 Å². The third kappa shape index (κ3) is 3.11. The molecule has 0 radical (unpaired) electrons. The summed E-state index contributed by atoms with van der Waals surface area (Å²) in [5, 5.41) is 7.00. The number of rotatable bonds is 2. The van der Waals surface area contributed by atoms with E-state index < -0.39 is 0 Å². The van der Waals surface area contributed by atoms with E-state index in [1.54, 1.807) is 0 Å². The Morgan fingerprint density at radius 3 is 2.33 bits per heavy atom. The van der Waals surface area contributed by atoms with Gasteiger partial charge in [-0.3, -0.25) is 4.79 Å². The van der Waals surface area contributed by atoms with Crippen molar-refractivity contribution in [2.75, 3.05) is 7.11 Å². The third-order valence-electron chi connectivity index (χ3n) is 1.66. The highest BCUT2D eigenvalue weighted by molar-refractivity contribution is 5.81. The van der Waals surface area contributed by atoms with Gasteiger partial charge in [0, 0.05) is 7.11 Å². The number of aliphatic hydroxyl groups excluding tert-OH is 1. The van der Waals surface area contributed by atoms with Crippen molar-refractivity contribution in [3.63, 3.8) is 0 Å². The van der Waals surface area contributed by atoms with Crippen LogP contribution in [0.25, 0.3) is 0 Å². The van der Waals surface area contributed by atoms with E-state index in [-0.39, 0.29) is 18.0 Å². The lowest BCUT2D eigenvalue weighted by atomic mass is 10.1.